The molecule has 9 nitrogen and oxygen atoms in total. The summed E-state index contributed by atoms with van der Waals surface area (Å²) in [6.07, 6.45) is 0. The highest BCUT2D eigenvalue weighted by molar-refractivity contribution is 6.11. The monoisotopic (exact) mass is 328 g/mol. The molecule has 0 saturated heterocycles. The summed E-state index contributed by atoms with van der Waals surface area (Å²) in [6, 6.07) is 8.45. The van der Waals surface area contributed by atoms with Gasteiger partial charge in [-0.1, -0.05) is 35.5 Å². The van der Waals surface area contributed by atoms with E-state index in [2.05, 4.69) is 15.4 Å². The number of hydrogen-bond donors (Lipinski definition) is 1. The maximum Gasteiger partial charge on any atom is 0.396 e. The molecule has 0 unspecified atom stereocenters. The van der Waals surface area contributed by atoms with Gasteiger partial charge in [0.2, 0.25) is 11.5 Å². The van der Waals surface area contributed by atoms with Gasteiger partial charge in [0.1, 0.15) is 5.69 Å². The highest BCUT2D eigenvalue weighted by Gasteiger charge is 2.26. The molecular formula is C15H12N4O5. The Bertz CT molecular complexity index is 884. The molecule has 9 heteroatoms. The van der Waals surface area contributed by atoms with Crippen molar-refractivity contribution < 1.29 is 23.3 Å². The van der Waals surface area contributed by atoms with Gasteiger partial charge in [0.05, 0.1) is 6.61 Å². The van der Waals surface area contributed by atoms with Gasteiger partial charge >= 0.3 is 11.9 Å². The topological polar surface area (TPSA) is 134 Å². The number of ketones is 1. The summed E-state index contributed by atoms with van der Waals surface area (Å²) in [5.74, 6) is -1.83. The number of nitrogen functional groups attached to an aromatic ring is 1. The number of aromatic nitrogens is 3. The first kappa shape index (κ1) is 15.4. The lowest BCUT2D eigenvalue weighted by Gasteiger charge is -1.97. The third-order valence-electron chi connectivity index (χ3n) is 3.05. The average molecular weight is 328 g/mol. The van der Waals surface area contributed by atoms with Crippen molar-refractivity contribution in [3.05, 3.63) is 47.5 Å². The fourth-order valence-electron chi connectivity index (χ4n) is 1.93. The lowest BCUT2D eigenvalue weighted by atomic mass is 10.1. The SMILES string of the molecule is CCOC(=O)c1nnc(-c2noc(C(=O)c3ccccc3)c2N)o1. The molecule has 0 amide bonds. The Morgan fingerprint density at radius 3 is 2.67 bits per heavy atom. The van der Waals surface area contributed by atoms with Gasteiger partial charge in [0.25, 0.3) is 5.89 Å². The van der Waals surface area contributed by atoms with E-state index < -0.39 is 11.8 Å². The largest absolute Gasteiger partial charge is 0.459 e. The van der Waals surface area contributed by atoms with E-state index in [-0.39, 0.29) is 35.5 Å². The number of nitrogens with zero attached hydrogens (tertiary/aromatic N) is 3. The minimum atomic E-state index is -0.765. The van der Waals surface area contributed by atoms with E-state index >= 15 is 0 Å². The van der Waals surface area contributed by atoms with E-state index in [0.29, 0.717) is 5.56 Å². The third kappa shape index (κ3) is 2.74. The highest BCUT2D eigenvalue weighted by atomic mass is 16.5. The zero-order valence-electron chi connectivity index (χ0n) is 12.6. The quantitative estimate of drug-likeness (QED) is 0.548. The predicted octanol–water partition coefficient (Wildman–Crippen LogP) is 1.71. The first-order valence-electron chi connectivity index (χ1n) is 6.97. The van der Waals surface area contributed by atoms with Crippen molar-refractivity contribution in [2.24, 2.45) is 0 Å². The van der Waals surface area contributed by atoms with Gasteiger partial charge in [0, 0.05) is 5.56 Å². The maximum atomic E-state index is 12.4. The molecule has 0 bridgehead atoms. The molecule has 122 valence electrons. The molecule has 2 N–H and O–H groups in total. The standard InChI is InChI=1S/C15H12N4O5/c1-2-22-15(21)14-18-17-13(23-14)10-9(16)12(24-19-10)11(20)8-6-4-3-5-7-8/h3-7H,2,16H2,1H3. The Hall–Kier alpha value is -3.49. The average Bonchev–Trinajstić information content (AvgIpc) is 3.22. The minimum Gasteiger partial charge on any atom is -0.459 e. The molecule has 3 aromatic rings. The molecule has 2 aromatic heterocycles. The lowest BCUT2D eigenvalue weighted by Crippen LogP contribution is -2.04. The fourth-order valence-corrected chi connectivity index (χ4v) is 1.93. The van der Waals surface area contributed by atoms with Crippen molar-refractivity contribution in [3.8, 4) is 11.6 Å². The van der Waals surface area contributed by atoms with Crippen LogP contribution in [0.4, 0.5) is 5.69 Å². The molecule has 0 spiro atoms. The summed E-state index contributed by atoms with van der Waals surface area (Å²) in [4.78, 5) is 23.9. The molecule has 0 aliphatic heterocycles. The fraction of sp³-hybridized carbons (Fsp3) is 0.133. The van der Waals surface area contributed by atoms with Crippen LogP contribution in [0.3, 0.4) is 0 Å². The zero-order chi connectivity index (χ0) is 17.1. The first-order chi connectivity index (χ1) is 11.6. The molecule has 0 atom stereocenters. The van der Waals surface area contributed by atoms with E-state index in [9.17, 15) is 9.59 Å². The van der Waals surface area contributed by atoms with Crippen LogP contribution in [0.2, 0.25) is 0 Å². The Balaban J connectivity index is 1.91. The number of nitrogens with two attached hydrogens (primary N) is 1. The van der Waals surface area contributed by atoms with Gasteiger partial charge in [-0.3, -0.25) is 4.79 Å². The van der Waals surface area contributed by atoms with Crippen LogP contribution >= 0.6 is 0 Å². The summed E-state index contributed by atoms with van der Waals surface area (Å²) >= 11 is 0. The normalized spacial score (nSPS) is 10.5. The van der Waals surface area contributed by atoms with Gasteiger partial charge in [-0.2, -0.15) is 0 Å². The van der Waals surface area contributed by atoms with Crippen LogP contribution in [0.5, 0.6) is 0 Å². The molecule has 0 saturated carbocycles. The summed E-state index contributed by atoms with van der Waals surface area (Å²) in [5.41, 5.74) is 6.22. The molecule has 0 radical (unpaired) electrons. The summed E-state index contributed by atoms with van der Waals surface area (Å²) < 4.78 is 14.9. The van der Waals surface area contributed by atoms with Crippen molar-refractivity contribution in [3.63, 3.8) is 0 Å². The van der Waals surface area contributed by atoms with Crippen LogP contribution in [0, 0.1) is 0 Å². The Kier molecular flexibility index (Phi) is 4.06. The Morgan fingerprint density at radius 1 is 1.21 bits per heavy atom. The predicted molar refractivity (Wildman–Crippen MR) is 80.0 cm³/mol. The number of carbonyl (C=O) groups is 2. The first-order valence-corrected chi connectivity index (χ1v) is 6.97. The second-order valence-corrected chi connectivity index (χ2v) is 4.60. The zero-order valence-corrected chi connectivity index (χ0v) is 12.6. The number of anilines is 1. The minimum absolute atomic E-state index is 0.0164. The number of benzene rings is 1. The second kappa shape index (κ2) is 6.32. The molecule has 2 heterocycles. The summed E-state index contributed by atoms with van der Waals surface area (Å²) in [6.45, 7) is 1.81. The number of hydrogen-bond acceptors (Lipinski definition) is 9. The Morgan fingerprint density at radius 2 is 1.96 bits per heavy atom. The second-order valence-electron chi connectivity index (χ2n) is 4.60. The van der Waals surface area contributed by atoms with Crippen molar-refractivity contribution in [2.75, 3.05) is 12.3 Å². The number of ether oxygens (including phenoxy) is 1. The molecule has 3 rings (SSSR count). The van der Waals surface area contributed by atoms with Crippen LogP contribution in [0.15, 0.2) is 39.3 Å². The molecule has 0 aliphatic rings. The third-order valence-corrected chi connectivity index (χ3v) is 3.05. The number of rotatable bonds is 5. The molecule has 1 aromatic carbocycles. The van der Waals surface area contributed by atoms with Gasteiger partial charge in [-0.05, 0) is 6.92 Å². The lowest BCUT2D eigenvalue weighted by molar-refractivity contribution is 0.0481. The van der Waals surface area contributed by atoms with E-state index in [1.54, 1.807) is 37.3 Å². The van der Waals surface area contributed by atoms with E-state index in [0.717, 1.165) is 0 Å². The van der Waals surface area contributed by atoms with Crippen molar-refractivity contribution in [1.29, 1.82) is 0 Å². The van der Waals surface area contributed by atoms with Gasteiger partial charge in [0.15, 0.2) is 5.69 Å². The molecule has 0 fully saturated rings. The molecular weight excluding hydrogens is 316 g/mol. The number of carbonyl (C=O) groups excluding carboxylic acids is 2. The maximum absolute atomic E-state index is 12.4. The van der Waals surface area contributed by atoms with Gasteiger partial charge in [-0.15, -0.1) is 10.2 Å². The van der Waals surface area contributed by atoms with Crippen LogP contribution < -0.4 is 5.73 Å². The van der Waals surface area contributed by atoms with E-state index in [4.69, 9.17) is 19.4 Å². The molecule has 24 heavy (non-hydrogen) atoms. The number of esters is 1. The van der Waals surface area contributed by atoms with Gasteiger partial charge < -0.3 is 19.4 Å². The summed E-state index contributed by atoms with van der Waals surface area (Å²) in [7, 11) is 0. The highest BCUT2D eigenvalue weighted by Crippen LogP contribution is 2.28. The van der Waals surface area contributed by atoms with Crippen molar-refractivity contribution in [2.45, 2.75) is 6.92 Å². The van der Waals surface area contributed by atoms with Crippen molar-refractivity contribution in [1.82, 2.24) is 15.4 Å². The van der Waals surface area contributed by atoms with Crippen LogP contribution in [-0.2, 0) is 4.74 Å². The van der Waals surface area contributed by atoms with Crippen molar-refractivity contribution >= 4 is 17.4 Å². The van der Waals surface area contributed by atoms with Crippen LogP contribution in [0.25, 0.3) is 11.6 Å². The smallest absolute Gasteiger partial charge is 0.396 e. The van der Waals surface area contributed by atoms with Crippen LogP contribution in [0.1, 0.15) is 33.7 Å². The van der Waals surface area contributed by atoms with Gasteiger partial charge in [-0.25, -0.2) is 4.79 Å². The van der Waals surface area contributed by atoms with E-state index in [1.807, 2.05) is 0 Å². The Labute approximate surface area is 135 Å². The summed E-state index contributed by atoms with van der Waals surface area (Å²) in [5, 5.41) is 10.9. The molecule has 0 aliphatic carbocycles. The van der Waals surface area contributed by atoms with Crippen LogP contribution in [-0.4, -0.2) is 33.7 Å². The van der Waals surface area contributed by atoms with E-state index in [1.165, 1.54) is 0 Å².